The summed E-state index contributed by atoms with van der Waals surface area (Å²) in [6.45, 7) is 0.817. The first-order valence-corrected chi connectivity index (χ1v) is 9.69. The number of carbonyl (C=O) groups excluding carboxylic acids is 3. The first-order valence-electron chi connectivity index (χ1n) is 7.80. The normalized spacial score (nSPS) is 10.7. The van der Waals surface area contributed by atoms with E-state index in [0.717, 1.165) is 6.26 Å². The van der Waals surface area contributed by atoms with E-state index in [1.807, 2.05) is 0 Å². The lowest BCUT2D eigenvalue weighted by atomic mass is 10.1. The monoisotopic (exact) mass is 390 g/mol. The summed E-state index contributed by atoms with van der Waals surface area (Å²) in [5.74, 6) is -1.61. The van der Waals surface area contributed by atoms with Gasteiger partial charge in [0.2, 0.25) is 10.0 Å². The number of hydrogen-bond donors (Lipinski definition) is 2. The fraction of sp³-hybridized carbons (Fsp3) is 0.167. The van der Waals surface area contributed by atoms with Crippen LogP contribution in [-0.4, -0.2) is 38.9 Å². The van der Waals surface area contributed by atoms with E-state index in [0.29, 0.717) is 11.3 Å². The summed E-state index contributed by atoms with van der Waals surface area (Å²) in [5, 5.41) is 2.51. The van der Waals surface area contributed by atoms with Gasteiger partial charge in [0.05, 0.1) is 17.5 Å². The average molecular weight is 390 g/mol. The van der Waals surface area contributed by atoms with Crippen LogP contribution in [0.3, 0.4) is 0 Å². The molecule has 0 unspecified atom stereocenters. The van der Waals surface area contributed by atoms with Gasteiger partial charge in [-0.15, -0.1) is 0 Å². The minimum Gasteiger partial charge on any atom is -0.452 e. The molecule has 0 aromatic heterocycles. The predicted octanol–water partition coefficient (Wildman–Crippen LogP) is 2.06. The van der Waals surface area contributed by atoms with Gasteiger partial charge in [-0.05, 0) is 37.3 Å². The van der Waals surface area contributed by atoms with E-state index >= 15 is 0 Å². The molecule has 0 aliphatic carbocycles. The summed E-state index contributed by atoms with van der Waals surface area (Å²) < 4.78 is 29.7. The van der Waals surface area contributed by atoms with Crippen molar-refractivity contribution in [1.82, 2.24) is 0 Å². The first-order chi connectivity index (χ1) is 12.7. The average Bonchev–Trinajstić information content (AvgIpc) is 2.58. The zero-order valence-electron chi connectivity index (χ0n) is 14.7. The van der Waals surface area contributed by atoms with Gasteiger partial charge in [0.1, 0.15) is 0 Å². The molecule has 2 N–H and O–H groups in total. The van der Waals surface area contributed by atoms with Crippen LogP contribution in [0.2, 0.25) is 0 Å². The van der Waals surface area contributed by atoms with E-state index < -0.39 is 28.5 Å². The Morgan fingerprint density at radius 3 is 2.41 bits per heavy atom. The summed E-state index contributed by atoms with van der Waals surface area (Å²) in [7, 11) is -3.48. The summed E-state index contributed by atoms with van der Waals surface area (Å²) >= 11 is 0. The molecule has 0 atom stereocenters. The van der Waals surface area contributed by atoms with Crippen molar-refractivity contribution < 1.29 is 27.5 Å². The van der Waals surface area contributed by atoms with Crippen LogP contribution in [0.25, 0.3) is 0 Å². The topological polar surface area (TPSA) is 119 Å². The maximum atomic E-state index is 12.1. The molecule has 0 radical (unpaired) electrons. The molecular formula is C18H18N2O6S. The fourth-order valence-electron chi connectivity index (χ4n) is 2.22. The Labute approximate surface area is 156 Å². The highest BCUT2D eigenvalue weighted by Crippen LogP contribution is 2.16. The molecule has 0 saturated heterocycles. The number of hydrogen-bond acceptors (Lipinski definition) is 6. The molecule has 0 bridgehead atoms. The number of rotatable bonds is 7. The van der Waals surface area contributed by atoms with Gasteiger partial charge in [0.25, 0.3) is 5.91 Å². The zero-order valence-corrected chi connectivity index (χ0v) is 15.5. The molecule has 0 heterocycles. The van der Waals surface area contributed by atoms with Crippen LogP contribution in [0, 0.1) is 0 Å². The zero-order chi connectivity index (χ0) is 20.0. The Balaban J connectivity index is 1.99. The van der Waals surface area contributed by atoms with E-state index in [4.69, 9.17) is 4.74 Å². The molecule has 0 saturated carbocycles. The van der Waals surface area contributed by atoms with Gasteiger partial charge in [-0.1, -0.05) is 18.2 Å². The Morgan fingerprint density at radius 1 is 1.04 bits per heavy atom. The number of amides is 1. The molecule has 142 valence electrons. The number of esters is 1. The smallest absolute Gasteiger partial charge is 0.338 e. The van der Waals surface area contributed by atoms with Crippen molar-refractivity contribution in [3.8, 4) is 0 Å². The summed E-state index contributed by atoms with van der Waals surface area (Å²) in [6.07, 6.45) is 0.987. The molecule has 2 aromatic rings. The molecule has 0 fully saturated rings. The van der Waals surface area contributed by atoms with Crippen molar-refractivity contribution in [3.63, 3.8) is 0 Å². The first kappa shape index (κ1) is 20.1. The number of Topliss-reactive ketones (excluding diaryl/α,β-unsaturated/α-hetero) is 1. The highest BCUT2D eigenvalue weighted by Gasteiger charge is 2.14. The van der Waals surface area contributed by atoms with E-state index in [9.17, 15) is 22.8 Å². The molecule has 2 rings (SSSR count). The predicted molar refractivity (Wildman–Crippen MR) is 100 cm³/mol. The number of benzene rings is 2. The molecule has 27 heavy (non-hydrogen) atoms. The lowest BCUT2D eigenvalue weighted by molar-refractivity contribution is -0.119. The van der Waals surface area contributed by atoms with Gasteiger partial charge in [-0.3, -0.25) is 14.3 Å². The Morgan fingerprint density at radius 2 is 1.74 bits per heavy atom. The van der Waals surface area contributed by atoms with Crippen LogP contribution < -0.4 is 10.0 Å². The second kappa shape index (κ2) is 8.45. The molecule has 0 spiro atoms. The van der Waals surface area contributed by atoms with Crippen LogP contribution in [0.5, 0.6) is 0 Å². The number of carbonyl (C=O) groups is 3. The van der Waals surface area contributed by atoms with Crippen molar-refractivity contribution >= 4 is 39.1 Å². The van der Waals surface area contributed by atoms with Crippen LogP contribution >= 0.6 is 0 Å². The summed E-state index contributed by atoms with van der Waals surface area (Å²) in [4.78, 5) is 35.6. The summed E-state index contributed by atoms with van der Waals surface area (Å²) in [5.41, 5.74) is 0.953. The molecule has 0 aliphatic heterocycles. The van der Waals surface area contributed by atoms with Gasteiger partial charge in [-0.2, -0.15) is 0 Å². The van der Waals surface area contributed by atoms with Crippen molar-refractivity contribution in [2.75, 3.05) is 22.9 Å². The largest absolute Gasteiger partial charge is 0.452 e. The van der Waals surface area contributed by atoms with Crippen LogP contribution in [0.15, 0.2) is 48.5 Å². The molecule has 2 aromatic carbocycles. The fourth-order valence-corrected chi connectivity index (χ4v) is 2.78. The number of ether oxygens (including phenoxy) is 1. The lowest BCUT2D eigenvalue weighted by Gasteiger charge is -2.10. The number of ketones is 1. The molecule has 1 amide bonds. The number of anilines is 2. The van der Waals surface area contributed by atoms with E-state index in [2.05, 4.69) is 10.0 Å². The minimum absolute atomic E-state index is 0.0839. The third-order valence-electron chi connectivity index (χ3n) is 3.32. The lowest BCUT2D eigenvalue weighted by Crippen LogP contribution is -2.22. The van der Waals surface area contributed by atoms with Gasteiger partial charge < -0.3 is 10.1 Å². The van der Waals surface area contributed by atoms with Crippen molar-refractivity contribution in [3.05, 3.63) is 59.7 Å². The second-order valence-electron chi connectivity index (χ2n) is 5.68. The highest BCUT2D eigenvalue weighted by molar-refractivity contribution is 7.92. The highest BCUT2D eigenvalue weighted by atomic mass is 32.2. The van der Waals surface area contributed by atoms with Gasteiger partial charge in [-0.25, -0.2) is 13.2 Å². The molecule has 9 heteroatoms. The van der Waals surface area contributed by atoms with Gasteiger partial charge in [0, 0.05) is 11.3 Å². The third-order valence-corrected chi connectivity index (χ3v) is 3.92. The molecular weight excluding hydrogens is 372 g/mol. The van der Waals surface area contributed by atoms with Gasteiger partial charge in [0.15, 0.2) is 12.4 Å². The summed E-state index contributed by atoms with van der Waals surface area (Å²) in [6, 6.07) is 12.2. The maximum Gasteiger partial charge on any atom is 0.338 e. The number of nitrogens with one attached hydrogen (secondary N) is 2. The van der Waals surface area contributed by atoms with E-state index in [-0.39, 0.29) is 17.0 Å². The Bertz CT molecular complexity index is 985. The minimum atomic E-state index is -3.48. The van der Waals surface area contributed by atoms with Crippen LogP contribution in [0.4, 0.5) is 11.4 Å². The maximum absolute atomic E-state index is 12.1. The van der Waals surface area contributed by atoms with E-state index in [1.54, 1.807) is 24.3 Å². The van der Waals surface area contributed by atoms with Crippen molar-refractivity contribution in [2.24, 2.45) is 0 Å². The van der Waals surface area contributed by atoms with Crippen molar-refractivity contribution in [1.29, 1.82) is 0 Å². The quantitative estimate of drug-likeness (QED) is 0.552. The number of para-hydroxylation sites is 1. The van der Waals surface area contributed by atoms with Crippen LogP contribution in [0.1, 0.15) is 27.6 Å². The van der Waals surface area contributed by atoms with Crippen LogP contribution in [-0.2, 0) is 19.6 Å². The van der Waals surface area contributed by atoms with Crippen molar-refractivity contribution in [2.45, 2.75) is 6.92 Å². The number of sulfonamides is 1. The van der Waals surface area contributed by atoms with E-state index in [1.165, 1.54) is 31.2 Å². The Kier molecular flexibility index (Phi) is 6.30. The third kappa shape index (κ3) is 6.23. The second-order valence-corrected chi connectivity index (χ2v) is 7.43. The molecule has 8 nitrogen and oxygen atoms in total. The van der Waals surface area contributed by atoms with Gasteiger partial charge >= 0.3 is 5.97 Å². The molecule has 0 aliphatic rings. The standard InChI is InChI=1S/C18H18N2O6S/c1-12(21)15-8-3-4-9-16(15)19-17(22)11-26-18(23)13-6-5-7-14(10-13)20-27(2,24)25/h3-10,20H,11H2,1-2H3,(H,19,22). The Hall–Kier alpha value is -3.20. The SMILES string of the molecule is CC(=O)c1ccccc1NC(=O)COC(=O)c1cccc(NS(C)(=O)=O)c1.